The lowest BCUT2D eigenvalue weighted by atomic mass is 10.1. The first kappa shape index (κ1) is 26.1. The number of hydrogen-bond donors (Lipinski definition) is 2. The lowest BCUT2D eigenvalue weighted by Gasteiger charge is -2.09. The van der Waals surface area contributed by atoms with E-state index in [2.05, 4.69) is 21.1 Å². The summed E-state index contributed by atoms with van der Waals surface area (Å²) in [6.07, 6.45) is 3.06. The Balaban J connectivity index is 1.57. The van der Waals surface area contributed by atoms with Crippen molar-refractivity contribution < 1.29 is 9.85 Å². The lowest BCUT2D eigenvalue weighted by molar-refractivity contribution is -0.384. The van der Waals surface area contributed by atoms with Gasteiger partial charge in [0.05, 0.1) is 27.8 Å². The third kappa shape index (κ3) is 5.22. The van der Waals surface area contributed by atoms with Crippen molar-refractivity contribution in [3.05, 3.63) is 134 Å². The van der Waals surface area contributed by atoms with E-state index >= 15 is 0 Å². The highest BCUT2D eigenvalue weighted by atomic mass is 35.5. The molecule has 0 saturated carbocycles. The van der Waals surface area contributed by atoms with E-state index in [1.165, 1.54) is 18.3 Å². The second-order valence-electron chi connectivity index (χ2n) is 8.41. The number of halogens is 1. The van der Waals surface area contributed by atoms with Crippen molar-refractivity contribution >= 4 is 57.7 Å². The van der Waals surface area contributed by atoms with Gasteiger partial charge < -0.3 is 0 Å². The van der Waals surface area contributed by atoms with Crippen LogP contribution >= 0.6 is 11.6 Å². The summed E-state index contributed by atoms with van der Waals surface area (Å²) in [5.41, 5.74) is 8.53. The van der Waals surface area contributed by atoms with E-state index in [1.54, 1.807) is 42.6 Å². The Bertz CT molecular complexity index is 1780. The van der Waals surface area contributed by atoms with Crippen LogP contribution in [0.5, 0.6) is 0 Å². The molecule has 0 bridgehead atoms. The molecule has 0 radical (unpaired) electrons. The smallest absolute Gasteiger partial charge is 0.294 e. The number of hydrazone groups is 2. The van der Waals surface area contributed by atoms with Crippen LogP contribution in [0.1, 0.15) is 11.1 Å². The van der Waals surface area contributed by atoms with Crippen molar-refractivity contribution in [3.8, 4) is 5.69 Å². The Morgan fingerprint density at radius 1 is 0.700 bits per heavy atom. The van der Waals surface area contributed by atoms with E-state index in [1.807, 2.05) is 53.1 Å². The molecule has 198 valence electrons. The molecule has 0 saturated heterocycles. The van der Waals surface area contributed by atoms with E-state index < -0.39 is 9.85 Å². The molecule has 4 aromatic carbocycles. The molecule has 2 N–H and O–H groups in total. The van der Waals surface area contributed by atoms with Crippen molar-refractivity contribution in [1.82, 2.24) is 4.57 Å². The summed E-state index contributed by atoms with van der Waals surface area (Å²) >= 11 is 6.91. The minimum atomic E-state index is -0.490. The van der Waals surface area contributed by atoms with Gasteiger partial charge in [0.2, 0.25) is 0 Å². The quantitative estimate of drug-likeness (QED) is 0.114. The first-order chi connectivity index (χ1) is 19.5. The minimum absolute atomic E-state index is 0.0989. The second kappa shape index (κ2) is 11.5. The molecule has 5 rings (SSSR count). The summed E-state index contributed by atoms with van der Waals surface area (Å²) in [6.45, 7) is 0. The van der Waals surface area contributed by atoms with Gasteiger partial charge in [-0.25, -0.2) is 0 Å². The van der Waals surface area contributed by atoms with Crippen molar-refractivity contribution in [3.63, 3.8) is 0 Å². The maximum Gasteiger partial charge on any atom is 0.294 e. The molecular weight excluding hydrogens is 534 g/mol. The van der Waals surface area contributed by atoms with Crippen molar-refractivity contribution in [1.29, 1.82) is 0 Å². The number of fused-ring (bicyclic) bond motifs is 1. The predicted molar refractivity (Wildman–Crippen MR) is 157 cm³/mol. The van der Waals surface area contributed by atoms with Crippen LogP contribution in [0.15, 0.2) is 107 Å². The van der Waals surface area contributed by atoms with Gasteiger partial charge >= 0.3 is 0 Å². The molecule has 1 aromatic heterocycles. The normalized spacial score (nSPS) is 11.3. The monoisotopic (exact) mass is 553 g/mol. The summed E-state index contributed by atoms with van der Waals surface area (Å²) in [7, 11) is 0. The van der Waals surface area contributed by atoms with Crippen LogP contribution in [0, 0.1) is 20.2 Å². The molecule has 0 spiro atoms. The Morgan fingerprint density at radius 3 is 1.85 bits per heavy atom. The van der Waals surface area contributed by atoms with E-state index in [9.17, 15) is 20.2 Å². The highest BCUT2D eigenvalue weighted by Crippen LogP contribution is 2.34. The van der Waals surface area contributed by atoms with Crippen LogP contribution < -0.4 is 10.9 Å². The van der Waals surface area contributed by atoms with Gasteiger partial charge in [0, 0.05) is 34.3 Å². The fourth-order valence-corrected chi connectivity index (χ4v) is 4.53. The number of para-hydroxylation sites is 6. The summed E-state index contributed by atoms with van der Waals surface area (Å²) in [4.78, 5) is 21.7. The molecule has 40 heavy (non-hydrogen) atoms. The second-order valence-corrected chi connectivity index (χ2v) is 8.77. The highest BCUT2D eigenvalue weighted by molar-refractivity contribution is 6.35. The van der Waals surface area contributed by atoms with Crippen LogP contribution in [0.4, 0.5) is 22.7 Å². The molecule has 0 aliphatic rings. The Hall–Kier alpha value is -5.55. The molecule has 0 fully saturated rings. The van der Waals surface area contributed by atoms with Crippen LogP contribution in [0.25, 0.3) is 16.6 Å². The van der Waals surface area contributed by atoms with Crippen molar-refractivity contribution in [2.75, 3.05) is 10.9 Å². The number of hydrogen-bond acceptors (Lipinski definition) is 8. The molecule has 5 aromatic rings. The van der Waals surface area contributed by atoms with Gasteiger partial charge in [0.1, 0.15) is 16.5 Å². The SMILES string of the molecule is O=[N+]([O-])c1ccccc1NN=Cc1c(Cl)n(-c2ccccc2)c2c(C=NNc3ccccc3[N+](=O)[O-])cccc12. The molecule has 0 atom stereocenters. The third-order valence-electron chi connectivity index (χ3n) is 5.98. The standard InChI is InChI=1S/C28H20ClN7O4/c29-28-22(18-31-33-24-14-5-7-16-26(24)36(39)40)21-12-8-9-19(27(21)34(28)20-10-2-1-3-11-20)17-30-32-23-13-4-6-15-25(23)35(37)38/h1-18,32-33H. The average molecular weight is 554 g/mol. The zero-order valence-electron chi connectivity index (χ0n) is 20.6. The number of rotatable bonds is 9. The topological polar surface area (TPSA) is 140 Å². The number of nitrogens with one attached hydrogen (secondary N) is 2. The minimum Gasteiger partial charge on any atom is -0.299 e. The highest BCUT2D eigenvalue weighted by Gasteiger charge is 2.19. The van der Waals surface area contributed by atoms with Gasteiger partial charge in [0.15, 0.2) is 0 Å². The molecular formula is C28H20ClN7O4. The molecule has 0 aliphatic carbocycles. The van der Waals surface area contributed by atoms with Gasteiger partial charge in [-0.1, -0.05) is 72.3 Å². The van der Waals surface area contributed by atoms with E-state index in [4.69, 9.17) is 11.6 Å². The van der Waals surface area contributed by atoms with Crippen LogP contribution in [-0.2, 0) is 0 Å². The fraction of sp³-hybridized carbons (Fsp3) is 0. The number of benzene rings is 4. The lowest BCUT2D eigenvalue weighted by Crippen LogP contribution is -1.99. The average Bonchev–Trinajstić information content (AvgIpc) is 3.25. The maximum atomic E-state index is 11.3. The summed E-state index contributed by atoms with van der Waals surface area (Å²) in [6, 6.07) is 27.4. The van der Waals surface area contributed by atoms with Gasteiger partial charge in [-0.15, -0.1) is 0 Å². The zero-order valence-corrected chi connectivity index (χ0v) is 21.4. The van der Waals surface area contributed by atoms with E-state index in [0.29, 0.717) is 16.3 Å². The van der Waals surface area contributed by atoms with Gasteiger partial charge in [-0.3, -0.25) is 35.6 Å². The number of nitro benzene ring substituents is 2. The molecule has 1 heterocycles. The first-order valence-corrected chi connectivity index (χ1v) is 12.3. The van der Waals surface area contributed by atoms with Crippen LogP contribution in [0.3, 0.4) is 0 Å². The van der Waals surface area contributed by atoms with Gasteiger partial charge in [-0.2, -0.15) is 10.2 Å². The van der Waals surface area contributed by atoms with Crippen LogP contribution in [0.2, 0.25) is 5.15 Å². The molecule has 12 heteroatoms. The Kier molecular flexibility index (Phi) is 7.47. The molecule has 0 aliphatic heterocycles. The summed E-state index contributed by atoms with van der Waals surface area (Å²) < 4.78 is 1.84. The molecule has 0 amide bonds. The predicted octanol–water partition coefficient (Wildman–Crippen LogP) is 6.99. The van der Waals surface area contributed by atoms with Gasteiger partial charge in [-0.05, 0) is 24.3 Å². The largest absolute Gasteiger partial charge is 0.299 e. The number of aromatic nitrogens is 1. The number of nitro groups is 2. The Labute approximate surface area is 232 Å². The number of anilines is 2. The first-order valence-electron chi connectivity index (χ1n) is 11.9. The summed E-state index contributed by atoms with van der Waals surface area (Å²) in [5.74, 6) is 0. The number of nitrogens with zero attached hydrogens (tertiary/aromatic N) is 5. The molecule has 0 unspecified atom stereocenters. The van der Waals surface area contributed by atoms with E-state index in [-0.39, 0.29) is 22.7 Å². The van der Waals surface area contributed by atoms with Crippen molar-refractivity contribution in [2.24, 2.45) is 10.2 Å². The van der Waals surface area contributed by atoms with Gasteiger partial charge in [0.25, 0.3) is 11.4 Å². The third-order valence-corrected chi connectivity index (χ3v) is 6.36. The summed E-state index contributed by atoms with van der Waals surface area (Å²) in [5, 5.41) is 32.3. The zero-order chi connectivity index (χ0) is 28.1. The Morgan fingerprint density at radius 2 is 1.25 bits per heavy atom. The van der Waals surface area contributed by atoms with Crippen molar-refractivity contribution in [2.45, 2.75) is 0 Å². The molecule has 11 nitrogen and oxygen atoms in total. The van der Waals surface area contributed by atoms with Crippen LogP contribution in [-0.4, -0.2) is 26.8 Å². The fourth-order valence-electron chi connectivity index (χ4n) is 4.20. The maximum absolute atomic E-state index is 11.3. The van der Waals surface area contributed by atoms with E-state index in [0.717, 1.165) is 16.6 Å².